The van der Waals surface area contributed by atoms with Gasteiger partial charge in [0.15, 0.2) is 0 Å². The number of hydrogen-bond acceptors (Lipinski definition) is 3. The first-order valence-electron chi connectivity index (χ1n) is 11.2. The molecule has 0 bridgehead atoms. The first kappa shape index (κ1) is 23.1. The van der Waals surface area contributed by atoms with Crippen LogP contribution in [0, 0.1) is 25.7 Å². The summed E-state index contributed by atoms with van der Waals surface area (Å²) < 4.78 is 2.04. The smallest absolute Gasteiger partial charge is 0.251 e. The number of hydrogen-bond donors (Lipinski definition) is 1. The maximum Gasteiger partial charge on any atom is 0.251 e. The highest BCUT2D eigenvalue weighted by molar-refractivity contribution is 5.95. The van der Waals surface area contributed by atoms with Crippen molar-refractivity contribution < 1.29 is 4.79 Å². The van der Waals surface area contributed by atoms with Crippen molar-refractivity contribution in [1.29, 1.82) is 0 Å². The molecule has 1 amide bonds. The number of nitrogens with one attached hydrogen (secondary N) is 1. The van der Waals surface area contributed by atoms with Gasteiger partial charge in [-0.1, -0.05) is 29.5 Å². The van der Waals surface area contributed by atoms with Crippen LogP contribution in [0.25, 0.3) is 0 Å². The lowest BCUT2D eigenvalue weighted by Gasteiger charge is -2.23. The number of carbonyl (C=O) groups excluding carboxylic acids is 1. The van der Waals surface area contributed by atoms with Crippen molar-refractivity contribution in [1.82, 2.24) is 14.9 Å². The third kappa shape index (κ3) is 6.24. The number of nitrogens with zero attached hydrogens (tertiary/aromatic N) is 3. The van der Waals surface area contributed by atoms with E-state index in [1.165, 1.54) is 5.56 Å². The molecule has 2 aromatic carbocycles. The van der Waals surface area contributed by atoms with Crippen LogP contribution in [-0.4, -0.2) is 35.1 Å². The molecule has 0 aliphatic carbocycles. The molecule has 3 aromatic rings. The van der Waals surface area contributed by atoms with Gasteiger partial charge >= 0.3 is 0 Å². The monoisotopic (exact) mass is 428 g/mol. The number of carbonyl (C=O) groups is 1. The predicted octanol–water partition coefficient (Wildman–Crippen LogP) is 4.57. The van der Waals surface area contributed by atoms with Gasteiger partial charge in [0.1, 0.15) is 0 Å². The minimum absolute atomic E-state index is 0.0729. The van der Waals surface area contributed by atoms with Crippen molar-refractivity contribution in [2.24, 2.45) is 0 Å². The van der Waals surface area contributed by atoms with Gasteiger partial charge in [-0.3, -0.25) is 4.79 Å². The summed E-state index contributed by atoms with van der Waals surface area (Å²) in [7, 11) is 0. The van der Waals surface area contributed by atoms with Crippen LogP contribution < -0.4 is 10.2 Å². The van der Waals surface area contributed by atoms with Crippen LogP contribution >= 0.6 is 0 Å². The lowest BCUT2D eigenvalue weighted by molar-refractivity contribution is 0.0952. The summed E-state index contributed by atoms with van der Waals surface area (Å²) in [5, 5.41) is 3.03. The highest BCUT2D eigenvalue weighted by atomic mass is 16.1. The Morgan fingerprint density at radius 1 is 1.06 bits per heavy atom. The molecule has 5 heteroatoms. The zero-order valence-corrected chi connectivity index (χ0v) is 19.5. The molecule has 0 spiro atoms. The standard InChI is InChI=1S/C27H32N4O/c1-5-31(6-2)26-15-14-25(18-24(26)13-12-23-10-8-21(3)9-11-23)27(32)28-16-7-17-30-19-22(4)29-20-30/h8-11,14-15,18-20H,5-7,16-17H2,1-4H3,(H,28,32). The number of anilines is 1. The van der Waals surface area contributed by atoms with Gasteiger partial charge in [0.2, 0.25) is 0 Å². The molecule has 166 valence electrons. The average molecular weight is 429 g/mol. The second-order valence-electron chi connectivity index (χ2n) is 7.88. The molecular weight excluding hydrogens is 396 g/mol. The Balaban J connectivity index is 1.74. The molecule has 0 unspecified atom stereocenters. The number of imidazole rings is 1. The van der Waals surface area contributed by atoms with Gasteiger partial charge in [0.05, 0.1) is 17.7 Å². The predicted molar refractivity (Wildman–Crippen MR) is 131 cm³/mol. The van der Waals surface area contributed by atoms with Crippen LogP contribution in [0.5, 0.6) is 0 Å². The quantitative estimate of drug-likeness (QED) is 0.422. The first-order chi connectivity index (χ1) is 15.5. The van der Waals surface area contributed by atoms with E-state index < -0.39 is 0 Å². The van der Waals surface area contributed by atoms with E-state index in [0.29, 0.717) is 12.1 Å². The van der Waals surface area contributed by atoms with Gasteiger partial charge in [-0.05, 0) is 64.4 Å². The molecule has 0 saturated carbocycles. The SMILES string of the molecule is CCN(CC)c1ccc(C(=O)NCCCn2cnc(C)c2)cc1C#Cc1ccc(C)cc1. The van der Waals surface area contributed by atoms with Gasteiger partial charge in [0.25, 0.3) is 5.91 Å². The number of aromatic nitrogens is 2. The van der Waals surface area contributed by atoms with Crippen LogP contribution in [0.3, 0.4) is 0 Å². The number of benzene rings is 2. The molecule has 5 nitrogen and oxygen atoms in total. The van der Waals surface area contributed by atoms with Crippen LogP contribution in [-0.2, 0) is 6.54 Å². The Morgan fingerprint density at radius 2 is 1.81 bits per heavy atom. The Bertz CT molecular complexity index is 1100. The van der Waals surface area contributed by atoms with Crippen LogP contribution in [0.4, 0.5) is 5.69 Å². The van der Waals surface area contributed by atoms with E-state index in [-0.39, 0.29) is 5.91 Å². The summed E-state index contributed by atoms with van der Waals surface area (Å²) in [5.41, 5.74) is 5.73. The van der Waals surface area contributed by atoms with E-state index in [1.807, 2.05) is 54.3 Å². The molecule has 32 heavy (non-hydrogen) atoms. The van der Waals surface area contributed by atoms with Crippen molar-refractivity contribution in [3.63, 3.8) is 0 Å². The molecule has 0 aliphatic heterocycles. The summed E-state index contributed by atoms with van der Waals surface area (Å²) in [6.07, 6.45) is 4.67. The molecule has 1 heterocycles. The molecule has 1 N–H and O–H groups in total. The van der Waals surface area contributed by atoms with E-state index >= 15 is 0 Å². The zero-order valence-electron chi connectivity index (χ0n) is 19.5. The highest BCUT2D eigenvalue weighted by Gasteiger charge is 2.12. The van der Waals surface area contributed by atoms with Crippen molar-refractivity contribution in [2.75, 3.05) is 24.5 Å². The minimum atomic E-state index is -0.0729. The first-order valence-corrected chi connectivity index (χ1v) is 11.2. The topological polar surface area (TPSA) is 50.2 Å². The Kier molecular flexibility index (Phi) is 8.10. The molecule has 1 aromatic heterocycles. The van der Waals surface area contributed by atoms with Gasteiger partial charge < -0.3 is 14.8 Å². The summed E-state index contributed by atoms with van der Waals surface area (Å²) >= 11 is 0. The number of aryl methyl sites for hydroxylation is 3. The largest absolute Gasteiger partial charge is 0.371 e. The second kappa shape index (κ2) is 11.2. The van der Waals surface area contributed by atoms with Gasteiger partial charge in [0, 0.05) is 49.1 Å². The fourth-order valence-electron chi connectivity index (χ4n) is 3.55. The molecular formula is C27H32N4O. The summed E-state index contributed by atoms with van der Waals surface area (Å²) in [5.74, 6) is 6.48. The fraction of sp³-hybridized carbons (Fsp3) is 0.333. The molecule has 0 atom stereocenters. The Labute approximate surface area is 191 Å². The Hall–Kier alpha value is -3.52. The maximum atomic E-state index is 12.8. The van der Waals surface area contributed by atoms with Crippen molar-refractivity contribution in [2.45, 2.75) is 40.7 Å². The Morgan fingerprint density at radius 3 is 2.47 bits per heavy atom. The molecule has 0 radical (unpaired) electrons. The van der Waals surface area contributed by atoms with Crippen molar-refractivity contribution in [3.05, 3.63) is 82.9 Å². The van der Waals surface area contributed by atoms with Crippen molar-refractivity contribution in [3.8, 4) is 11.8 Å². The van der Waals surface area contributed by atoms with E-state index in [2.05, 4.69) is 59.9 Å². The van der Waals surface area contributed by atoms with Crippen molar-refractivity contribution >= 4 is 11.6 Å². The van der Waals surface area contributed by atoms with Gasteiger partial charge in [-0.2, -0.15) is 0 Å². The van der Waals surface area contributed by atoms with Crippen LogP contribution in [0.15, 0.2) is 55.0 Å². The highest BCUT2D eigenvalue weighted by Crippen LogP contribution is 2.22. The fourth-order valence-corrected chi connectivity index (χ4v) is 3.55. The normalized spacial score (nSPS) is 10.4. The third-order valence-electron chi connectivity index (χ3n) is 5.40. The zero-order chi connectivity index (χ0) is 22.9. The van der Waals surface area contributed by atoms with E-state index in [0.717, 1.165) is 48.6 Å². The molecule has 3 rings (SSSR count). The van der Waals surface area contributed by atoms with E-state index in [9.17, 15) is 4.79 Å². The lowest BCUT2D eigenvalue weighted by atomic mass is 10.1. The minimum Gasteiger partial charge on any atom is -0.371 e. The van der Waals surface area contributed by atoms with Crippen LogP contribution in [0.2, 0.25) is 0 Å². The van der Waals surface area contributed by atoms with E-state index in [4.69, 9.17) is 0 Å². The van der Waals surface area contributed by atoms with E-state index in [1.54, 1.807) is 0 Å². The summed E-state index contributed by atoms with van der Waals surface area (Å²) in [6, 6.07) is 14.0. The molecule has 0 aliphatic rings. The van der Waals surface area contributed by atoms with Gasteiger partial charge in [-0.25, -0.2) is 4.98 Å². The second-order valence-corrected chi connectivity index (χ2v) is 7.88. The van der Waals surface area contributed by atoms with Gasteiger partial charge in [-0.15, -0.1) is 0 Å². The lowest BCUT2D eigenvalue weighted by Crippen LogP contribution is -2.26. The van der Waals surface area contributed by atoms with Crippen LogP contribution in [0.1, 0.15) is 53.0 Å². The molecule has 0 saturated heterocycles. The molecule has 0 fully saturated rings. The summed E-state index contributed by atoms with van der Waals surface area (Å²) in [6.45, 7) is 11.5. The third-order valence-corrected chi connectivity index (χ3v) is 5.40. The summed E-state index contributed by atoms with van der Waals surface area (Å²) in [4.78, 5) is 19.2. The maximum absolute atomic E-state index is 12.8. The number of rotatable bonds is 8. The average Bonchev–Trinajstić information content (AvgIpc) is 3.22. The number of amides is 1.